The third-order valence-corrected chi connectivity index (χ3v) is 6.43. The molecule has 0 aliphatic carbocycles. The van der Waals surface area contributed by atoms with Crippen LogP contribution in [0.1, 0.15) is 30.9 Å². The molecule has 4 rings (SSSR count). The lowest BCUT2D eigenvalue weighted by Crippen LogP contribution is -2.44. The molecule has 0 bridgehead atoms. The lowest BCUT2D eigenvalue weighted by molar-refractivity contribution is -0.114. The number of rotatable bonds is 3. The van der Waals surface area contributed by atoms with Gasteiger partial charge in [-0.15, -0.1) is 0 Å². The summed E-state index contributed by atoms with van der Waals surface area (Å²) in [5, 5.41) is 6.45. The summed E-state index contributed by atoms with van der Waals surface area (Å²) in [7, 11) is 0. The highest BCUT2D eigenvalue weighted by atomic mass is 32.2. The van der Waals surface area contributed by atoms with Crippen LogP contribution in [0.5, 0.6) is 0 Å². The Morgan fingerprint density at radius 1 is 1.15 bits per heavy atom. The Balaban J connectivity index is 1.57. The predicted molar refractivity (Wildman–Crippen MR) is 115 cm³/mol. The van der Waals surface area contributed by atoms with Gasteiger partial charge in [-0.1, -0.05) is 30.3 Å². The molecule has 2 aliphatic heterocycles. The molecule has 1 saturated heterocycles. The van der Waals surface area contributed by atoms with Crippen molar-refractivity contribution < 1.29 is 4.79 Å². The smallest absolute Gasteiger partial charge is 0.221 e. The minimum Gasteiger partial charge on any atom is -0.343 e. The normalized spacial score (nSPS) is 19.4. The second-order valence-electron chi connectivity index (χ2n) is 7.39. The third-order valence-electron chi connectivity index (χ3n) is 5.45. The summed E-state index contributed by atoms with van der Waals surface area (Å²) in [5.41, 5.74) is 4.72. The van der Waals surface area contributed by atoms with Crippen molar-refractivity contribution >= 4 is 34.9 Å². The summed E-state index contributed by atoms with van der Waals surface area (Å²) >= 11 is 2.05. The summed E-state index contributed by atoms with van der Waals surface area (Å²) < 4.78 is 0. The molecule has 0 atom stereocenters. The molecule has 5 heteroatoms. The van der Waals surface area contributed by atoms with Crippen molar-refractivity contribution in [3.63, 3.8) is 0 Å². The zero-order chi connectivity index (χ0) is 18.7. The fourth-order valence-electron chi connectivity index (χ4n) is 3.95. The predicted octanol–water partition coefficient (Wildman–Crippen LogP) is 4.73. The Kier molecular flexibility index (Phi) is 5.21. The SMILES string of the molecule is CC(=O)Nc1ccc(CN=C2Nc3ccccc3CC23CCSCC3)cc1. The van der Waals surface area contributed by atoms with Crippen LogP contribution in [0, 0.1) is 5.41 Å². The van der Waals surface area contributed by atoms with Gasteiger partial charge in [0, 0.05) is 23.7 Å². The lowest BCUT2D eigenvalue weighted by atomic mass is 9.73. The van der Waals surface area contributed by atoms with E-state index in [4.69, 9.17) is 4.99 Å². The highest BCUT2D eigenvalue weighted by molar-refractivity contribution is 7.99. The molecule has 2 N–H and O–H groups in total. The Bertz CT molecular complexity index is 854. The Hall–Kier alpha value is -2.27. The average Bonchev–Trinajstić information content (AvgIpc) is 2.68. The molecule has 2 aliphatic rings. The van der Waals surface area contributed by atoms with Crippen LogP contribution >= 0.6 is 11.8 Å². The van der Waals surface area contributed by atoms with E-state index < -0.39 is 0 Å². The van der Waals surface area contributed by atoms with E-state index in [9.17, 15) is 4.79 Å². The second kappa shape index (κ2) is 7.77. The quantitative estimate of drug-likeness (QED) is 0.811. The van der Waals surface area contributed by atoms with Gasteiger partial charge < -0.3 is 10.6 Å². The van der Waals surface area contributed by atoms with Crippen molar-refractivity contribution in [3.8, 4) is 0 Å². The Labute approximate surface area is 164 Å². The second-order valence-corrected chi connectivity index (χ2v) is 8.62. The molecule has 1 fully saturated rings. The van der Waals surface area contributed by atoms with Gasteiger partial charge >= 0.3 is 0 Å². The van der Waals surface area contributed by atoms with E-state index in [0.29, 0.717) is 6.54 Å². The van der Waals surface area contributed by atoms with E-state index in [-0.39, 0.29) is 11.3 Å². The maximum absolute atomic E-state index is 11.2. The summed E-state index contributed by atoms with van der Waals surface area (Å²) in [6, 6.07) is 16.6. The molecule has 2 aromatic carbocycles. The number of nitrogens with one attached hydrogen (secondary N) is 2. The number of benzene rings is 2. The first-order valence-corrected chi connectivity index (χ1v) is 10.6. The fourth-order valence-corrected chi connectivity index (χ4v) is 5.23. The van der Waals surface area contributed by atoms with E-state index >= 15 is 0 Å². The van der Waals surface area contributed by atoms with Crippen LogP contribution in [-0.4, -0.2) is 23.2 Å². The number of nitrogens with zero attached hydrogens (tertiary/aromatic N) is 1. The minimum absolute atomic E-state index is 0.0508. The molecule has 0 unspecified atom stereocenters. The van der Waals surface area contributed by atoms with Crippen molar-refractivity contribution in [2.75, 3.05) is 22.1 Å². The van der Waals surface area contributed by atoms with Gasteiger partial charge in [-0.05, 0) is 60.1 Å². The number of amidine groups is 1. The number of para-hydroxylation sites is 1. The van der Waals surface area contributed by atoms with Crippen molar-refractivity contribution in [1.82, 2.24) is 0 Å². The van der Waals surface area contributed by atoms with Gasteiger partial charge in [0.15, 0.2) is 0 Å². The molecule has 0 saturated carbocycles. The van der Waals surface area contributed by atoms with E-state index in [2.05, 4.69) is 34.9 Å². The van der Waals surface area contributed by atoms with Crippen LogP contribution in [0.4, 0.5) is 11.4 Å². The zero-order valence-corrected chi connectivity index (χ0v) is 16.4. The number of thioether (sulfide) groups is 1. The molecule has 1 amide bonds. The Morgan fingerprint density at radius 2 is 1.89 bits per heavy atom. The number of hydrogen-bond donors (Lipinski definition) is 2. The number of carbonyl (C=O) groups is 1. The van der Waals surface area contributed by atoms with Gasteiger partial charge in [0.25, 0.3) is 0 Å². The highest BCUT2D eigenvalue weighted by Gasteiger charge is 2.41. The van der Waals surface area contributed by atoms with Gasteiger partial charge in [0.1, 0.15) is 5.84 Å². The first-order valence-electron chi connectivity index (χ1n) is 9.49. The van der Waals surface area contributed by atoms with E-state index in [1.165, 1.54) is 42.5 Å². The van der Waals surface area contributed by atoms with Gasteiger partial charge in [0.2, 0.25) is 5.91 Å². The van der Waals surface area contributed by atoms with E-state index in [0.717, 1.165) is 23.5 Å². The minimum atomic E-state index is -0.0508. The van der Waals surface area contributed by atoms with Crippen molar-refractivity contribution in [2.24, 2.45) is 10.4 Å². The number of aliphatic imine (C=N–C) groups is 1. The maximum atomic E-state index is 11.2. The molecule has 0 aromatic heterocycles. The molecular formula is C22H25N3OS. The third kappa shape index (κ3) is 4.03. The fraction of sp³-hybridized carbons (Fsp3) is 0.364. The van der Waals surface area contributed by atoms with Gasteiger partial charge in [-0.2, -0.15) is 11.8 Å². The molecule has 1 spiro atoms. The van der Waals surface area contributed by atoms with Crippen LogP contribution < -0.4 is 10.6 Å². The number of anilines is 2. The summed E-state index contributed by atoms with van der Waals surface area (Å²) in [6.45, 7) is 2.17. The monoisotopic (exact) mass is 379 g/mol. The number of fused-ring (bicyclic) bond motifs is 1. The van der Waals surface area contributed by atoms with Gasteiger partial charge in [-0.3, -0.25) is 9.79 Å². The molecule has 2 heterocycles. The van der Waals surface area contributed by atoms with Gasteiger partial charge in [-0.25, -0.2) is 0 Å². The molecule has 0 radical (unpaired) electrons. The van der Waals surface area contributed by atoms with Crippen LogP contribution in [0.3, 0.4) is 0 Å². The van der Waals surface area contributed by atoms with Crippen LogP contribution in [0.15, 0.2) is 53.5 Å². The van der Waals surface area contributed by atoms with E-state index in [1.807, 2.05) is 36.0 Å². The molecule has 27 heavy (non-hydrogen) atoms. The van der Waals surface area contributed by atoms with Crippen molar-refractivity contribution in [3.05, 3.63) is 59.7 Å². The molecule has 2 aromatic rings. The van der Waals surface area contributed by atoms with E-state index in [1.54, 1.807) is 0 Å². The number of amides is 1. The van der Waals surface area contributed by atoms with Crippen LogP contribution in [0.25, 0.3) is 0 Å². The van der Waals surface area contributed by atoms with Crippen LogP contribution in [0.2, 0.25) is 0 Å². The first kappa shape index (κ1) is 18.1. The van der Waals surface area contributed by atoms with Gasteiger partial charge in [0.05, 0.1) is 6.54 Å². The highest BCUT2D eigenvalue weighted by Crippen LogP contribution is 2.44. The topological polar surface area (TPSA) is 53.5 Å². The number of hydrogen-bond acceptors (Lipinski definition) is 3. The largest absolute Gasteiger partial charge is 0.343 e. The standard InChI is InChI=1S/C22H25N3OS/c1-16(26)24-19-8-6-17(7-9-19)15-23-21-22(10-12-27-13-11-22)14-18-4-2-3-5-20(18)25-21/h2-9H,10-15H2,1H3,(H,23,25)(H,24,26). The zero-order valence-electron chi connectivity index (χ0n) is 15.6. The van der Waals surface area contributed by atoms with Crippen molar-refractivity contribution in [1.29, 1.82) is 0 Å². The summed E-state index contributed by atoms with van der Waals surface area (Å²) in [4.78, 5) is 16.2. The Morgan fingerprint density at radius 3 is 2.63 bits per heavy atom. The first-order chi connectivity index (χ1) is 13.1. The summed E-state index contributed by atoms with van der Waals surface area (Å²) in [6.07, 6.45) is 3.44. The average molecular weight is 380 g/mol. The number of carbonyl (C=O) groups excluding carboxylic acids is 1. The summed E-state index contributed by atoms with van der Waals surface area (Å²) in [5.74, 6) is 3.50. The molecule has 140 valence electrons. The lowest BCUT2D eigenvalue weighted by Gasteiger charge is -2.42. The molecular weight excluding hydrogens is 354 g/mol. The maximum Gasteiger partial charge on any atom is 0.221 e. The van der Waals surface area contributed by atoms with Crippen molar-refractivity contribution in [2.45, 2.75) is 32.7 Å². The van der Waals surface area contributed by atoms with Crippen LogP contribution in [-0.2, 0) is 17.8 Å². The molecule has 4 nitrogen and oxygen atoms in total.